The number of imidazole rings is 1. The first-order valence-electron chi connectivity index (χ1n) is 6.02. The highest BCUT2D eigenvalue weighted by Crippen LogP contribution is 2.11. The first-order valence-corrected chi connectivity index (χ1v) is 6.02. The van der Waals surface area contributed by atoms with Gasteiger partial charge in [0.2, 0.25) is 0 Å². The molecule has 0 amide bonds. The molecule has 0 aliphatic rings. The highest BCUT2D eigenvalue weighted by Gasteiger charge is 2.09. The van der Waals surface area contributed by atoms with Crippen molar-refractivity contribution in [2.45, 2.75) is 19.9 Å². The van der Waals surface area contributed by atoms with E-state index in [1.165, 1.54) is 0 Å². The average molecular weight is 281 g/mol. The maximum absolute atomic E-state index is 11.5. The molecular formula is C10H15N7O3. The summed E-state index contributed by atoms with van der Waals surface area (Å²) in [4.78, 5) is 33.7. The van der Waals surface area contributed by atoms with E-state index in [1.807, 2.05) is 13.8 Å². The van der Waals surface area contributed by atoms with Gasteiger partial charge in [-0.25, -0.2) is 4.79 Å². The first-order chi connectivity index (χ1) is 9.51. The Hall–Kier alpha value is -2.49. The number of aromatic amines is 3. The summed E-state index contributed by atoms with van der Waals surface area (Å²) < 4.78 is 0. The van der Waals surface area contributed by atoms with E-state index in [0.29, 0.717) is 6.54 Å². The van der Waals surface area contributed by atoms with Crippen molar-refractivity contribution < 1.29 is 5.11 Å². The fourth-order valence-electron chi connectivity index (χ4n) is 1.58. The number of aliphatic hydroxyl groups is 1. The highest BCUT2D eigenvalue weighted by atomic mass is 16.3. The van der Waals surface area contributed by atoms with Gasteiger partial charge in [0.1, 0.15) is 0 Å². The van der Waals surface area contributed by atoms with Crippen LogP contribution in [0.5, 0.6) is 0 Å². The second kappa shape index (κ2) is 5.65. The summed E-state index contributed by atoms with van der Waals surface area (Å²) in [5.41, 5.74) is -0.974. The van der Waals surface area contributed by atoms with E-state index in [2.05, 4.69) is 30.3 Å². The molecule has 0 unspecified atom stereocenters. The van der Waals surface area contributed by atoms with Crippen LogP contribution < -0.4 is 11.2 Å². The van der Waals surface area contributed by atoms with E-state index in [1.54, 1.807) is 5.01 Å². The van der Waals surface area contributed by atoms with Gasteiger partial charge in [0, 0.05) is 6.04 Å². The molecule has 0 aliphatic heterocycles. The number of aliphatic hydroxyl groups excluding tert-OH is 1. The van der Waals surface area contributed by atoms with Gasteiger partial charge in [0.25, 0.3) is 11.5 Å². The minimum absolute atomic E-state index is 0.0513. The van der Waals surface area contributed by atoms with Crippen LogP contribution in [-0.4, -0.2) is 49.2 Å². The summed E-state index contributed by atoms with van der Waals surface area (Å²) in [6, 6.07) is 0.0542. The van der Waals surface area contributed by atoms with Crippen LogP contribution in [0.1, 0.15) is 13.8 Å². The summed E-state index contributed by atoms with van der Waals surface area (Å²) in [5.74, 6) is 0.0935. The number of hydrogen-bond acceptors (Lipinski definition) is 6. The van der Waals surface area contributed by atoms with Crippen LogP contribution in [0.3, 0.4) is 0 Å². The smallest absolute Gasteiger partial charge is 0.327 e. The van der Waals surface area contributed by atoms with Crippen LogP contribution in [0.2, 0.25) is 0 Å². The fraction of sp³-hybridized carbons (Fsp3) is 0.500. The van der Waals surface area contributed by atoms with Crippen molar-refractivity contribution in [1.29, 1.82) is 0 Å². The molecule has 0 bridgehead atoms. The van der Waals surface area contributed by atoms with Crippen LogP contribution in [0, 0.1) is 0 Å². The molecule has 2 rings (SSSR count). The largest absolute Gasteiger partial charge is 0.394 e. The monoisotopic (exact) mass is 281 g/mol. The van der Waals surface area contributed by atoms with Gasteiger partial charge in [-0.2, -0.15) is 4.98 Å². The lowest BCUT2D eigenvalue weighted by Crippen LogP contribution is -2.27. The van der Waals surface area contributed by atoms with Gasteiger partial charge in [-0.3, -0.25) is 19.8 Å². The van der Waals surface area contributed by atoms with Crippen molar-refractivity contribution in [3.05, 3.63) is 20.8 Å². The molecule has 10 nitrogen and oxygen atoms in total. The number of fused-ring (bicyclic) bond motifs is 1. The van der Waals surface area contributed by atoms with E-state index in [9.17, 15) is 9.59 Å². The molecule has 0 aliphatic carbocycles. The highest BCUT2D eigenvalue weighted by molar-refractivity contribution is 5.70. The Bertz CT molecular complexity index is 726. The van der Waals surface area contributed by atoms with Crippen molar-refractivity contribution in [3.63, 3.8) is 0 Å². The molecule has 0 spiro atoms. The van der Waals surface area contributed by atoms with Crippen molar-refractivity contribution in [1.82, 2.24) is 24.9 Å². The van der Waals surface area contributed by atoms with E-state index in [0.717, 1.165) is 0 Å². The summed E-state index contributed by atoms with van der Waals surface area (Å²) >= 11 is 0. The summed E-state index contributed by atoms with van der Waals surface area (Å²) in [6.45, 7) is 4.08. The summed E-state index contributed by atoms with van der Waals surface area (Å²) in [5, 5.41) is 18.3. The zero-order valence-corrected chi connectivity index (χ0v) is 11.0. The molecule has 2 heterocycles. The van der Waals surface area contributed by atoms with Crippen molar-refractivity contribution in [2.75, 3.05) is 13.2 Å². The van der Waals surface area contributed by atoms with Gasteiger partial charge in [0.05, 0.1) is 13.2 Å². The molecule has 108 valence electrons. The molecule has 0 saturated heterocycles. The number of H-pyrrole nitrogens is 3. The standard InChI is InChI=1S/C10H15N7O3/c1-5(2)17(3-4-18)16-15-9-11-6-7(12-9)13-10(20)14-8(6)19/h5,18H,3-4H2,1-2H3,(H3,11,12,13,14,19,20)/b16-15+. The predicted molar refractivity (Wildman–Crippen MR) is 70.8 cm³/mol. The third kappa shape index (κ3) is 2.91. The quantitative estimate of drug-likeness (QED) is 0.437. The second-order valence-corrected chi connectivity index (χ2v) is 4.36. The Morgan fingerprint density at radius 3 is 2.70 bits per heavy atom. The second-order valence-electron chi connectivity index (χ2n) is 4.36. The van der Waals surface area contributed by atoms with Gasteiger partial charge in [-0.1, -0.05) is 10.3 Å². The van der Waals surface area contributed by atoms with E-state index in [-0.39, 0.29) is 29.8 Å². The first kappa shape index (κ1) is 13.9. The number of rotatable bonds is 5. The van der Waals surface area contributed by atoms with Crippen LogP contribution in [0.25, 0.3) is 11.2 Å². The SMILES string of the molecule is CC(C)N(CCO)/N=N/c1nc2[nH]c(=O)[nH]c(=O)c2[nH]1. The van der Waals surface area contributed by atoms with Gasteiger partial charge in [0.15, 0.2) is 11.2 Å². The molecule has 0 fully saturated rings. The van der Waals surface area contributed by atoms with E-state index < -0.39 is 11.2 Å². The molecule has 0 aromatic carbocycles. The minimum Gasteiger partial charge on any atom is -0.394 e. The third-order valence-corrected chi connectivity index (χ3v) is 2.56. The van der Waals surface area contributed by atoms with Crippen LogP contribution in [0.15, 0.2) is 19.9 Å². The lowest BCUT2D eigenvalue weighted by atomic mass is 10.4. The van der Waals surface area contributed by atoms with Crippen molar-refractivity contribution in [3.8, 4) is 0 Å². The number of nitrogens with zero attached hydrogens (tertiary/aromatic N) is 4. The van der Waals surface area contributed by atoms with Crippen LogP contribution >= 0.6 is 0 Å². The summed E-state index contributed by atoms with van der Waals surface area (Å²) in [7, 11) is 0. The topological polar surface area (TPSA) is 143 Å². The van der Waals surface area contributed by atoms with Gasteiger partial charge in [-0.15, -0.1) is 0 Å². The maximum atomic E-state index is 11.5. The Morgan fingerprint density at radius 2 is 2.05 bits per heavy atom. The average Bonchev–Trinajstić information content (AvgIpc) is 2.77. The molecule has 0 atom stereocenters. The lowest BCUT2D eigenvalue weighted by Gasteiger charge is -2.19. The molecule has 2 aromatic heterocycles. The Morgan fingerprint density at radius 1 is 1.30 bits per heavy atom. The molecule has 20 heavy (non-hydrogen) atoms. The minimum atomic E-state index is -0.637. The molecule has 10 heteroatoms. The van der Waals surface area contributed by atoms with Gasteiger partial charge in [-0.05, 0) is 13.8 Å². The van der Waals surface area contributed by atoms with Crippen molar-refractivity contribution in [2.24, 2.45) is 10.3 Å². The van der Waals surface area contributed by atoms with Gasteiger partial charge < -0.3 is 10.1 Å². The fourth-order valence-corrected chi connectivity index (χ4v) is 1.58. The summed E-state index contributed by atoms with van der Waals surface area (Å²) in [6.07, 6.45) is 0. The Labute approximate surface area is 112 Å². The number of nitrogens with one attached hydrogen (secondary N) is 3. The molecule has 4 N–H and O–H groups in total. The van der Waals surface area contributed by atoms with E-state index >= 15 is 0 Å². The Kier molecular flexibility index (Phi) is 3.94. The predicted octanol–water partition coefficient (Wildman–Crippen LogP) is -0.359. The number of hydrogen-bond donors (Lipinski definition) is 4. The lowest BCUT2D eigenvalue weighted by molar-refractivity contribution is 0.161. The van der Waals surface area contributed by atoms with Crippen LogP contribution in [-0.2, 0) is 0 Å². The van der Waals surface area contributed by atoms with Gasteiger partial charge >= 0.3 is 5.69 Å². The Balaban J connectivity index is 2.32. The van der Waals surface area contributed by atoms with E-state index in [4.69, 9.17) is 5.11 Å². The zero-order chi connectivity index (χ0) is 14.7. The van der Waals surface area contributed by atoms with Crippen molar-refractivity contribution >= 4 is 17.1 Å². The maximum Gasteiger partial charge on any atom is 0.327 e. The number of aromatic nitrogens is 4. The third-order valence-electron chi connectivity index (χ3n) is 2.56. The molecule has 0 saturated carbocycles. The molecular weight excluding hydrogens is 266 g/mol. The molecule has 2 aromatic rings. The zero-order valence-electron chi connectivity index (χ0n) is 11.0. The molecule has 0 radical (unpaired) electrons. The normalized spacial score (nSPS) is 11.8. The van der Waals surface area contributed by atoms with Crippen LogP contribution in [0.4, 0.5) is 5.95 Å².